The van der Waals surface area contributed by atoms with Crippen LogP contribution in [0.1, 0.15) is 0 Å². The Hall–Kier alpha value is -2.87. The predicted molar refractivity (Wildman–Crippen MR) is 125 cm³/mol. The average molecular weight is 396 g/mol. The minimum Gasteiger partial charge on any atom is -0.339 e. The number of fused-ring (bicyclic) bond motifs is 6. The standard InChI is InChI=1S/C24H17N2PS/c25-26-21-12-6-4-10-17(21)19-15-24-20(14-22(19)26)18-11-5-7-13-23(18)27(24,28)16-8-2-1-3-9-16/h1-15H,25H2. The molecule has 1 aliphatic rings. The Kier molecular flexibility index (Phi) is 3.21. The van der Waals surface area contributed by atoms with Crippen LogP contribution in [0.3, 0.4) is 0 Å². The fourth-order valence-corrected chi connectivity index (χ4v) is 8.90. The number of nitrogens with zero attached hydrogens (tertiary/aromatic N) is 1. The van der Waals surface area contributed by atoms with Crippen LogP contribution in [0.2, 0.25) is 0 Å². The molecule has 2 N–H and O–H groups in total. The topological polar surface area (TPSA) is 30.9 Å². The number of para-hydroxylation sites is 1. The van der Waals surface area contributed by atoms with Crippen LogP contribution < -0.4 is 21.8 Å². The van der Waals surface area contributed by atoms with Gasteiger partial charge in [-0.05, 0) is 34.6 Å². The minimum absolute atomic E-state index is 1.04. The summed E-state index contributed by atoms with van der Waals surface area (Å²) in [5.41, 5.74) is 4.57. The number of nitrogen functional groups attached to an aromatic ring is 1. The van der Waals surface area contributed by atoms with Crippen LogP contribution in [0.4, 0.5) is 0 Å². The van der Waals surface area contributed by atoms with E-state index >= 15 is 0 Å². The zero-order chi connectivity index (χ0) is 18.9. The van der Waals surface area contributed by atoms with Crippen molar-refractivity contribution in [2.75, 3.05) is 5.84 Å². The summed E-state index contributed by atoms with van der Waals surface area (Å²) in [6.45, 7) is 0. The van der Waals surface area contributed by atoms with Gasteiger partial charge in [-0.15, -0.1) is 0 Å². The Labute approximate surface area is 168 Å². The van der Waals surface area contributed by atoms with Crippen LogP contribution in [0.15, 0.2) is 91.0 Å². The van der Waals surface area contributed by atoms with Crippen LogP contribution in [0.5, 0.6) is 0 Å². The van der Waals surface area contributed by atoms with Crippen molar-refractivity contribution < 1.29 is 0 Å². The lowest BCUT2D eigenvalue weighted by Gasteiger charge is -2.20. The van der Waals surface area contributed by atoms with Gasteiger partial charge in [0.2, 0.25) is 0 Å². The second-order valence-electron chi connectivity index (χ2n) is 7.24. The molecule has 0 saturated heterocycles. The molecule has 0 aliphatic carbocycles. The van der Waals surface area contributed by atoms with Gasteiger partial charge in [0.1, 0.15) is 0 Å². The van der Waals surface area contributed by atoms with E-state index in [1.165, 1.54) is 37.8 Å². The Morgan fingerprint density at radius 3 is 2.21 bits per heavy atom. The molecule has 134 valence electrons. The Bertz CT molecular complexity index is 1450. The molecule has 1 atom stereocenters. The van der Waals surface area contributed by atoms with Crippen molar-refractivity contribution in [2.45, 2.75) is 0 Å². The summed E-state index contributed by atoms with van der Waals surface area (Å²) < 4.78 is 1.80. The maximum absolute atomic E-state index is 6.51. The predicted octanol–water partition coefficient (Wildman–Crippen LogP) is 4.24. The van der Waals surface area contributed by atoms with Crippen molar-refractivity contribution in [3.05, 3.63) is 91.0 Å². The minimum atomic E-state index is -2.09. The van der Waals surface area contributed by atoms with Crippen molar-refractivity contribution in [3.63, 3.8) is 0 Å². The number of hydrogen-bond acceptors (Lipinski definition) is 2. The van der Waals surface area contributed by atoms with E-state index in [1.54, 1.807) is 4.68 Å². The molecular formula is C24H17N2PS. The Morgan fingerprint density at radius 1 is 0.643 bits per heavy atom. The zero-order valence-electron chi connectivity index (χ0n) is 15.0. The van der Waals surface area contributed by atoms with Crippen molar-refractivity contribution in [2.24, 2.45) is 0 Å². The van der Waals surface area contributed by atoms with E-state index in [-0.39, 0.29) is 0 Å². The summed E-state index contributed by atoms with van der Waals surface area (Å²) in [6.07, 6.45) is 0. The molecule has 4 aromatic carbocycles. The molecule has 2 nitrogen and oxygen atoms in total. The summed E-state index contributed by atoms with van der Waals surface area (Å²) in [5.74, 6) is 6.47. The quantitative estimate of drug-likeness (QED) is 0.333. The number of rotatable bonds is 1. The van der Waals surface area contributed by atoms with E-state index in [0.717, 1.165) is 11.0 Å². The second kappa shape index (κ2) is 5.57. The normalized spacial score (nSPS) is 17.7. The van der Waals surface area contributed by atoms with E-state index in [4.69, 9.17) is 17.6 Å². The third-order valence-electron chi connectivity index (χ3n) is 5.82. The maximum atomic E-state index is 6.51. The molecule has 0 radical (unpaired) electrons. The van der Waals surface area contributed by atoms with Crippen molar-refractivity contribution in [3.8, 4) is 11.1 Å². The molecule has 4 heteroatoms. The number of benzene rings is 4. The van der Waals surface area contributed by atoms with E-state index in [2.05, 4.69) is 84.9 Å². The van der Waals surface area contributed by atoms with Crippen LogP contribution in [0.25, 0.3) is 32.9 Å². The zero-order valence-corrected chi connectivity index (χ0v) is 16.8. The van der Waals surface area contributed by atoms with E-state index < -0.39 is 6.04 Å². The van der Waals surface area contributed by atoms with E-state index in [0.29, 0.717) is 0 Å². The lowest BCUT2D eigenvalue weighted by molar-refractivity contribution is 1.12. The van der Waals surface area contributed by atoms with Gasteiger partial charge < -0.3 is 5.84 Å². The Balaban J connectivity index is 1.80. The molecule has 2 heterocycles. The molecule has 1 aromatic heterocycles. The van der Waals surface area contributed by atoms with Gasteiger partial charge in [-0.25, -0.2) is 0 Å². The molecule has 1 aliphatic heterocycles. The van der Waals surface area contributed by atoms with Gasteiger partial charge in [0.15, 0.2) is 0 Å². The molecule has 0 bridgehead atoms. The molecule has 5 aromatic rings. The largest absolute Gasteiger partial charge is 0.339 e. The third-order valence-corrected chi connectivity index (χ3v) is 10.8. The van der Waals surface area contributed by atoms with Crippen LogP contribution in [0, 0.1) is 0 Å². The fraction of sp³-hybridized carbons (Fsp3) is 0. The SMILES string of the molecule is Nn1c2ccccc2c2cc3c(cc21)-c1ccccc1P3(=S)c1ccccc1. The van der Waals surface area contributed by atoms with Crippen molar-refractivity contribution >= 4 is 55.6 Å². The second-order valence-corrected chi connectivity index (χ2v) is 11.6. The van der Waals surface area contributed by atoms with Crippen molar-refractivity contribution in [1.29, 1.82) is 0 Å². The summed E-state index contributed by atoms with van der Waals surface area (Å²) in [7, 11) is 0. The lowest BCUT2D eigenvalue weighted by Crippen LogP contribution is -2.20. The molecule has 6 rings (SSSR count). The molecule has 0 spiro atoms. The number of hydrogen-bond donors (Lipinski definition) is 1. The molecule has 0 amide bonds. The summed E-state index contributed by atoms with van der Waals surface area (Å²) in [4.78, 5) is 0. The highest BCUT2D eigenvalue weighted by molar-refractivity contribution is 8.26. The van der Waals surface area contributed by atoms with Gasteiger partial charge in [0, 0.05) is 27.4 Å². The number of aromatic nitrogens is 1. The van der Waals surface area contributed by atoms with Gasteiger partial charge in [-0.2, -0.15) is 0 Å². The molecule has 28 heavy (non-hydrogen) atoms. The highest BCUT2D eigenvalue weighted by Crippen LogP contribution is 2.53. The van der Waals surface area contributed by atoms with Gasteiger partial charge in [0.25, 0.3) is 0 Å². The monoisotopic (exact) mass is 396 g/mol. The first-order valence-electron chi connectivity index (χ1n) is 9.28. The maximum Gasteiger partial charge on any atom is 0.0710 e. The number of nitrogens with two attached hydrogens (primary N) is 1. The lowest BCUT2D eigenvalue weighted by atomic mass is 10.0. The van der Waals surface area contributed by atoms with E-state index in [9.17, 15) is 0 Å². The smallest absolute Gasteiger partial charge is 0.0710 e. The average Bonchev–Trinajstić information content (AvgIpc) is 3.19. The van der Waals surface area contributed by atoms with Crippen LogP contribution in [-0.2, 0) is 11.8 Å². The summed E-state index contributed by atoms with van der Waals surface area (Å²) >= 11 is 6.51. The van der Waals surface area contributed by atoms with Crippen molar-refractivity contribution in [1.82, 2.24) is 4.68 Å². The molecule has 1 unspecified atom stereocenters. The first kappa shape index (κ1) is 16.1. The van der Waals surface area contributed by atoms with E-state index in [1.807, 2.05) is 6.07 Å². The van der Waals surface area contributed by atoms with Crippen LogP contribution in [-0.4, -0.2) is 4.68 Å². The summed E-state index contributed by atoms with van der Waals surface area (Å²) in [6, 6.07) is 30.0. The fourth-order valence-electron chi connectivity index (χ4n) is 4.53. The third kappa shape index (κ3) is 1.90. The van der Waals surface area contributed by atoms with Gasteiger partial charge in [-0.1, -0.05) is 84.6 Å². The molecule has 0 saturated carbocycles. The highest BCUT2D eigenvalue weighted by Gasteiger charge is 2.36. The summed E-state index contributed by atoms with van der Waals surface area (Å²) in [5, 5.41) is 6.15. The highest BCUT2D eigenvalue weighted by atomic mass is 32.4. The van der Waals surface area contributed by atoms with Gasteiger partial charge in [0.05, 0.1) is 11.0 Å². The molecule has 0 fully saturated rings. The first-order chi connectivity index (χ1) is 13.7. The Morgan fingerprint density at radius 2 is 1.36 bits per heavy atom. The molecular weight excluding hydrogens is 379 g/mol. The van der Waals surface area contributed by atoms with Crippen LogP contribution >= 0.6 is 6.04 Å². The first-order valence-corrected chi connectivity index (χ1v) is 12.1. The van der Waals surface area contributed by atoms with Gasteiger partial charge >= 0.3 is 0 Å². The van der Waals surface area contributed by atoms with Gasteiger partial charge in [-0.3, -0.25) is 4.68 Å².